The molecule has 1 atom stereocenters. The van der Waals surface area contributed by atoms with Gasteiger partial charge in [0, 0.05) is 18.3 Å². The minimum absolute atomic E-state index is 0.0910. The summed E-state index contributed by atoms with van der Waals surface area (Å²) in [5.74, 6) is 0.653. The van der Waals surface area contributed by atoms with Gasteiger partial charge >= 0.3 is 0 Å². The number of aryl methyl sites for hydroxylation is 1. The number of anilines is 1. The number of carbonyl (C=O) groups excluding carboxylic acids is 1. The fraction of sp³-hybridized carbons (Fsp3) is 0.333. The van der Waals surface area contributed by atoms with Gasteiger partial charge in [0.25, 0.3) is 5.91 Å². The fourth-order valence-electron chi connectivity index (χ4n) is 3.06. The molecule has 4 heteroatoms. The van der Waals surface area contributed by atoms with Crippen molar-refractivity contribution in [2.45, 2.75) is 32.2 Å². The average Bonchev–Trinajstić information content (AvgIpc) is 2.57. The number of carbonyl (C=O) groups is 1. The zero-order valence-electron chi connectivity index (χ0n) is 12.8. The number of pyridine rings is 1. The molecule has 0 unspecified atom stereocenters. The minimum atomic E-state index is 0.0910. The molecule has 1 aliphatic heterocycles. The largest absolute Gasteiger partial charge is 0.383 e. The van der Waals surface area contributed by atoms with Gasteiger partial charge in [0.2, 0.25) is 0 Å². The molecule has 2 heterocycles. The molecule has 4 nitrogen and oxygen atoms in total. The molecule has 0 bridgehead atoms. The molecule has 0 aliphatic carbocycles. The van der Waals surface area contributed by atoms with Gasteiger partial charge in [0.15, 0.2) is 0 Å². The summed E-state index contributed by atoms with van der Waals surface area (Å²) in [4.78, 5) is 19.1. The summed E-state index contributed by atoms with van der Waals surface area (Å²) in [6.07, 6.45) is 4.97. The first-order valence-electron chi connectivity index (χ1n) is 7.75. The molecule has 2 aromatic rings. The van der Waals surface area contributed by atoms with Gasteiger partial charge in [-0.15, -0.1) is 0 Å². The van der Waals surface area contributed by atoms with E-state index in [-0.39, 0.29) is 11.9 Å². The molecular formula is C18H21N3O. The summed E-state index contributed by atoms with van der Waals surface area (Å²) in [5, 5.41) is 0. The van der Waals surface area contributed by atoms with Gasteiger partial charge in [0.1, 0.15) is 5.82 Å². The molecular weight excluding hydrogens is 274 g/mol. The lowest BCUT2D eigenvalue weighted by Crippen LogP contribution is -2.38. The molecule has 114 valence electrons. The van der Waals surface area contributed by atoms with Gasteiger partial charge in [-0.2, -0.15) is 0 Å². The van der Waals surface area contributed by atoms with E-state index in [0.717, 1.165) is 42.5 Å². The second kappa shape index (κ2) is 6.18. The molecule has 2 N–H and O–H groups in total. The molecule has 1 fully saturated rings. The third-order valence-corrected chi connectivity index (χ3v) is 4.31. The van der Waals surface area contributed by atoms with Crippen LogP contribution in [0.1, 0.15) is 46.8 Å². The zero-order valence-corrected chi connectivity index (χ0v) is 12.8. The average molecular weight is 295 g/mol. The molecule has 0 saturated carbocycles. The van der Waals surface area contributed by atoms with Crippen LogP contribution in [0.5, 0.6) is 0 Å². The van der Waals surface area contributed by atoms with Gasteiger partial charge in [-0.25, -0.2) is 4.98 Å². The second-order valence-electron chi connectivity index (χ2n) is 5.85. The van der Waals surface area contributed by atoms with Gasteiger partial charge < -0.3 is 10.6 Å². The standard InChI is InChI=1S/C18H21N3O/c1-13-11-15(12-20-17(13)19)16-9-5-6-10-21(16)18(22)14-7-3-2-4-8-14/h2-4,7-8,11-12,16H,5-6,9-10H2,1H3,(H2,19,20)/t16-/m1/s1. The Bertz CT molecular complexity index is 669. The van der Waals surface area contributed by atoms with E-state index in [4.69, 9.17) is 5.73 Å². The summed E-state index contributed by atoms with van der Waals surface area (Å²) in [5.41, 5.74) is 8.60. The normalized spacial score (nSPS) is 18.2. The predicted octanol–water partition coefficient (Wildman–Crippen LogP) is 3.34. The van der Waals surface area contributed by atoms with Crippen molar-refractivity contribution in [3.63, 3.8) is 0 Å². The second-order valence-corrected chi connectivity index (χ2v) is 5.85. The highest BCUT2D eigenvalue weighted by molar-refractivity contribution is 5.94. The fourth-order valence-corrected chi connectivity index (χ4v) is 3.06. The quantitative estimate of drug-likeness (QED) is 0.924. The van der Waals surface area contributed by atoms with Crippen molar-refractivity contribution in [3.05, 3.63) is 59.3 Å². The highest BCUT2D eigenvalue weighted by atomic mass is 16.2. The number of rotatable bonds is 2. The van der Waals surface area contributed by atoms with E-state index < -0.39 is 0 Å². The first-order valence-corrected chi connectivity index (χ1v) is 7.75. The zero-order chi connectivity index (χ0) is 15.5. The van der Waals surface area contributed by atoms with Crippen molar-refractivity contribution in [2.75, 3.05) is 12.3 Å². The maximum Gasteiger partial charge on any atom is 0.254 e. The smallest absolute Gasteiger partial charge is 0.254 e. The highest BCUT2D eigenvalue weighted by Gasteiger charge is 2.29. The Hall–Kier alpha value is -2.36. The lowest BCUT2D eigenvalue weighted by molar-refractivity contribution is 0.0611. The topological polar surface area (TPSA) is 59.2 Å². The molecule has 0 radical (unpaired) electrons. The van der Waals surface area contributed by atoms with Crippen molar-refractivity contribution in [3.8, 4) is 0 Å². The SMILES string of the molecule is Cc1cc([C@H]2CCCCN2C(=O)c2ccccc2)cnc1N. The number of aromatic nitrogens is 1. The number of piperidine rings is 1. The molecule has 1 aliphatic rings. The van der Waals surface area contributed by atoms with Crippen LogP contribution >= 0.6 is 0 Å². The Morgan fingerprint density at radius 1 is 1.27 bits per heavy atom. The number of hydrogen-bond donors (Lipinski definition) is 1. The summed E-state index contributed by atoms with van der Waals surface area (Å²) in [6, 6.07) is 11.6. The van der Waals surface area contributed by atoms with Crippen LogP contribution in [-0.4, -0.2) is 22.3 Å². The summed E-state index contributed by atoms with van der Waals surface area (Å²) in [6.45, 7) is 2.75. The lowest BCUT2D eigenvalue weighted by Gasteiger charge is -2.36. The Morgan fingerprint density at radius 3 is 2.77 bits per heavy atom. The van der Waals surface area contributed by atoms with Crippen LogP contribution in [0.25, 0.3) is 0 Å². The summed E-state index contributed by atoms with van der Waals surface area (Å²) in [7, 11) is 0. The van der Waals surface area contributed by atoms with Gasteiger partial charge in [-0.3, -0.25) is 4.79 Å². The molecule has 22 heavy (non-hydrogen) atoms. The van der Waals surface area contributed by atoms with E-state index in [1.54, 1.807) is 0 Å². The number of nitrogen functional groups attached to an aromatic ring is 1. The van der Waals surface area contributed by atoms with Crippen molar-refractivity contribution in [1.29, 1.82) is 0 Å². The Kier molecular flexibility index (Phi) is 4.09. The number of benzene rings is 1. The molecule has 0 spiro atoms. The van der Waals surface area contributed by atoms with Crippen LogP contribution in [0.2, 0.25) is 0 Å². The van der Waals surface area contributed by atoms with Crippen LogP contribution in [-0.2, 0) is 0 Å². The van der Waals surface area contributed by atoms with Gasteiger partial charge in [-0.1, -0.05) is 18.2 Å². The third kappa shape index (κ3) is 2.82. The number of nitrogens with two attached hydrogens (primary N) is 1. The molecule has 1 aromatic carbocycles. The van der Waals surface area contributed by atoms with E-state index in [9.17, 15) is 4.79 Å². The maximum absolute atomic E-state index is 12.8. The van der Waals surface area contributed by atoms with Gasteiger partial charge in [-0.05, 0) is 55.5 Å². The Balaban J connectivity index is 1.91. The van der Waals surface area contributed by atoms with Crippen molar-refractivity contribution < 1.29 is 4.79 Å². The molecule has 1 saturated heterocycles. The monoisotopic (exact) mass is 295 g/mol. The van der Waals surface area contributed by atoms with Crippen LogP contribution < -0.4 is 5.73 Å². The number of nitrogens with zero attached hydrogens (tertiary/aromatic N) is 2. The van der Waals surface area contributed by atoms with Gasteiger partial charge in [0.05, 0.1) is 6.04 Å². The first kappa shape index (κ1) is 14.6. The number of amides is 1. The first-order chi connectivity index (χ1) is 10.7. The third-order valence-electron chi connectivity index (χ3n) is 4.31. The Morgan fingerprint density at radius 2 is 2.05 bits per heavy atom. The van der Waals surface area contributed by atoms with E-state index in [0.29, 0.717) is 5.82 Å². The molecule has 1 aromatic heterocycles. The summed E-state index contributed by atoms with van der Waals surface area (Å²) >= 11 is 0. The van der Waals surface area contributed by atoms with Crippen LogP contribution in [0.3, 0.4) is 0 Å². The number of likely N-dealkylation sites (tertiary alicyclic amines) is 1. The van der Waals surface area contributed by atoms with Crippen molar-refractivity contribution in [2.24, 2.45) is 0 Å². The van der Waals surface area contributed by atoms with Crippen LogP contribution in [0.4, 0.5) is 5.82 Å². The van der Waals surface area contributed by atoms with E-state index in [1.807, 2.05) is 48.4 Å². The van der Waals surface area contributed by atoms with Crippen molar-refractivity contribution >= 4 is 11.7 Å². The predicted molar refractivity (Wildman–Crippen MR) is 87.5 cm³/mol. The lowest BCUT2D eigenvalue weighted by atomic mass is 9.94. The van der Waals surface area contributed by atoms with Crippen LogP contribution in [0, 0.1) is 6.92 Å². The minimum Gasteiger partial charge on any atom is -0.383 e. The van der Waals surface area contributed by atoms with E-state index >= 15 is 0 Å². The number of hydrogen-bond acceptors (Lipinski definition) is 3. The van der Waals surface area contributed by atoms with E-state index in [2.05, 4.69) is 11.1 Å². The summed E-state index contributed by atoms with van der Waals surface area (Å²) < 4.78 is 0. The maximum atomic E-state index is 12.8. The Labute approximate surface area is 131 Å². The molecule has 3 rings (SSSR count). The van der Waals surface area contributed by atoms with E-state index in [1.165, 1.54) is 0 Å². The van der Waals surface area contributed by atoms with Crippen LogP contribution in [0.15, 0.2) is 42.6 Å². The highest BCUT2D eigenvalue weighted by Crippen LogP contribution is 2.32. The molecule has 1 amide bonds. The van der Waals surface area contributed by atoms with Crippen molar-refractivity contribution in [1.82, 2.24) is 9.88 Å².